The van der Waals surface area contributed by atoms with Crippen molar-refractivity contribution in [3.8, 4) is 0 Å². The largest absolute Gasteiger partial charge is 0.280 e. The first-order valence-corrected chi connectivity index (χ1v) is 4.82. The monoisotopic (exact) mass is 206 g/mol. The van der Waals surface area contributed by atoms with Gasteiger partial charge in [-0.1, -0.05) is 20.8 Å². The number of hydrogen-bond acceptors (Lipinski definition) is 3. The summed E-state index contributed by atoms with van der Waals surface area (Å²) in [6.45, 7) is 6.12. The van der Waals surface area contributed by atoms with Crippen molar-refractivity contribution in [2.45, 2.75) is 26.2 Å². The van der Waals surface area contributed by atoms with Crippen LogP contribution in [0.4, 0.5) is 0 Å². The Bertz CT molecular complexity index is 559. The van der Waals surface area contributed by atoms with Crippen LogP contribution in [-0.2, 0) is 12.5 Å². The third-order valence-electron chi connectivity index (χ3n) is 2.27. The van der Waals surface area contributed by atoms with Gasteiger partial charge >= 0.3 is 0 Å². The third kappa shape index (κ3) is 1.54. The highest BCUT2D eigenvalue weighted by Crippen LogP contribution is 2.18. The zero-order chi connectivity index (χ0) is 11.2. The fourth-order valence-electron chi connectivity index (χ4n) is 1.31. The molecule has 2 aromatic heterocycles. The van der Waals surface area contributed by atoms with Crippen molar-refractivity contribution in [1.29, 1.82) is 0 Å². The van der Waals surface area contributed by atoms with Crippen LogP contribution in [0.2, 0.25) is 0 Å². The van der Waals surface area contributed by atoms with Crippen LogP contribution >= 0.6 is 0 Å². The molecule has 0 amide bonds. The molecule has 5 heteroatoms. The molecule has 0 bridgehead atoms. The van der Waals surface area contributed by atoms with Gasteiger partial charge in [-0.2, -0.15) is 4.98 Å². The molecule has 80 valence electrons. The van der Waals surface area contributed by atoms with Crippen LogP contribution in [0.3, 0.4) is 0 Å². The minimum absolute atomic E-state index is 0.0737. The summed E-state index contributed by atoms with van der Waals surface area (Å²) >= 11 is 0. The second kappa shape index (κ2) is 2.92. The highest BCUT2D eigenvalue weighted by atomic mass is 16.1. The fourth-order valence-corrected chi connectivity index (χ4v) is 1.31. The quantitative estimate of drug-likeness (QED) is 0.638. The molecule has 5 nitrogen and oxygen atoms in total. The molecular weight excluding hydrogens is 192 g/mol. The van der Waals surface area contributed by atoms with E-state index in [4.69, 9.17) is 0 Å². The maximum absolute atomic E-state index is 11.4. The average Bonchev–Trinajstić information content (AvgIpc) is 2.55. The Morgan fingerprint density at radius 1 is 1.33 bits per heavy atom. The smallest absolute Gasteiger partial charge is 0.254 e. The molecule has 2 aromatic rings. The topological polar surface area (TPSA) is 52.2 Å². The predicted octanol–water partition coefficient (Wildman–Crippen LogP) is 0.725. The lowest BCUT2D eigenvalue weighted by molar-refractivity contribution is 0.545. The van der Waals surface area contributed by atoms with E-state index in [2.05, 4.69) is 10.1 Å². The molecule has 0 aliphatic carbocycles. The SMILES string of the molecule is Cn1c(=O)ccn2nc(C(C)(C)C)nc12. The van der Waals surface area contributed by atoms with Crippen LogP contribution in [0.25, 0.3) is 5.78 Å². The van der Waals surface area contributed by atoms with E-state index in [-0.39, 0.29) is 11.0 Å². The Morgan fingerprint density at radius 3 is 2.60 bits per heavy atom. The lowest BCUT2D eigenvalue weighted by atomic mass is 9.96. The molecule has 0 aromatic carbocycles. The first-order chi connectivity index (χ1) is 6.89. The van der Waals surface area contributed by atoms with Gasteiger partial charge in [0, 0.05) is 24.7 Å². The third-order valence-corrected chi connectivity index (χ3v) is 2.27. The zero-order valence-electron chi connectivity index (χ0n) is 9.35. The molecule has 0 spiro atoms. The van der Waals surface area contributed by atoms with Crippen LogP contribution in [-0.4, -0.2) is 19.2 Å². The minimum Gasteiger partial charge on any atom is -0.280 e. The van der Waals surface area contributed by atoms with Crippen LogP contribution in [0, 0.1) is 0 Å². The minimum atomic E-state index is -0.109. The fraction of sp³-hybridized carbons (Fsp3) is 0.500. The van der Waals surface area contributed by atoms with E-state index in [0.717, 1.165) is 5.82 Å². The van der Waals surface area contributed by atoms with Crippen LogP contribution in [0.1, 0.15) is 26.6 Å². The zero-order valence-corrected chi connectivity index (χ0v) is 9.35. The van der Waals surface area contributed by atoms with Crippen molar-refractivity contribution in [2.24, 2.45) is 7.05 Å². The maximum Gasteiger partial charge on any atom is 0.254 e. The summed E-state index contributed by atoms with van der Waals surface area (Å²) in [6.07, 6.45) is 1.64. The molecule has 0 saturated carbocycles. The Balaban J connectivity index is 2.77. The summed E-state index contributed by atoms with van der Waals surface area (Å²) in [6, 6.07) is 1.48. The van der Waals surface area contributed by atoms with E-state index in [1.165, 1.54) is 10.6 Å². The summed E-state index contributed by atoms with van der Waals surface area (Å²) in [7, 11) is 1.69. The van der Waals surface area contributed by atoms with E-state index in [0.29, 0.717) is 5.78 Å². The normalized spacial score (nSPS) is 12.3. The number of rotatable bonds is 0. The van der Waals surface area contributed by atoms with Crippen molar-refractivity contribution in [1.82, 2.24) is 19.2 Å². The number of hydrogen-bond donors (Lipinski definition) is 0. The van der Waals surface area contributed by atoms with Gasteiger partial charge in [-0.15, -0.1) is 5.10 Å². The van der Waals surface area contributed by atoms with Crippen molar-refractivity contribution in [3.63, 3.8) is 0 Å². The summed E-state index contributed by atoms with van der Waals surface area (Å²) in [4.78, 5) is 15.7. The Labute approximate surface area is 87.4 Å². The molecule has 0 saturated heterocycles. The number of nitrogens with zero attached hydrogens (tertiary/aromatic N) is 4. The molecular formula is C10H14N4O. The second-order valence-corrected chi connectivity index (χ2v) is 4.64. The number of aromatic nitrogens is 4. The van der Waals surface area contributed by atoms with Crippen molar-refractivity contribution >= 4 is 5.78 Å². The molecule has 0 fully saturated rings. The lowest BCUT2D eigenvalue weighted by Crippen LogP contribution is -2.17. The van der Waals surface area contributed by atoms with Crippen molar-refractivity contribution in [3.05, 3.63) is 28.4 Å². The highest BCUT2D eigenvalue weighted by molar-refractivity contribution is 5.28. The van der Waals surface area contributed by atoms with E-state index in [9.17, 15) is 4.79 Å². The van der Waals surface area contributed by atoms with E-state index in [1.54, 1.807) is 17.8 Å². The van der Waals surface area contributed by atoms with E-state index in [1.807, 2.05) is 20.8 Å². The molecule has 15 heavy (non-hydrogen) atoms. The number of fused-ring (bicyclic) bond motifs is 1. The van der Waals surface area contributed by atoms with Gasteiger partial charge < -0.3 is 0 Å². The first kappa shape index (κ1) is 9.89. The summed E-state index contributed by atoms with van der Waals surface area (Å²) in [5.41, 5.74) is -0.183. The molecule has 0 N–H and O–H groups in total. The second-order valence-electron chi connectivity index (χ2n) is 4.64. The Morgan fingerprint density at radius 2 is 2.00 bits per heavy atom. The van der Waals surface area contributed by atoms with Gasteiger partial charge in [-0.25, -0.2) is 4.52 Å². The molecule has 2 rings (SSSR count). The first-order valence-electron chi connectivity index (χ1n) is 4.82. The van der Waals surface area contributed by atoms with Gasteiger partial charge in [0.1, 0.15) is 0 Å². The van der Waals surface area contributed by atoms with Gasteiger partial charge in [0.25, 0.3) is 5.56 Å². The summed E-state index contributed by atoms with van der Waals surface area (Å²) in [5.74, 6) is 1.32. The van der Waals surface area contributed by atoms with Crippen LogP contribution in [0.15, 0.2) is 17.1 Å². The van der Waals surface area contributed by atoms with Gasteiger partial charge in [-0.05, 0) is 0 Å². The van der Waals surface area contributed by atoms with Crippen LogP contribution < -0.4 is 5.56 Å². The maximum atomic E-state index is 11.4. The molecule has 0 atom stereocenters. The van der Waals surface area contributed by atoms with Gasteiger partial charge in [-0.3, -0.25) is 9.36 Å². The average molecular weight is 206 g/mol. The van der Waals surface area contributed by atoms with Gasteiger partial charge in [0.2, 0.25) is 5.78 Å². The lowest BCUT2D eigenvalue weighted by Gasteiger charge is -2.11. The summed E-state index contributed by atoms with van der Waals surface area (Å²) in [5, 5.41) is 4.33. The van der Waals surface area contributed by atoms with Crippen LogP contribution in [0.5, 0.6) is 0 Å². The highest BCUT2D eigenvalue weighted by Gasteiger charge is 2.20. The number of aryl methyl sites for hydroxylation is 1. The van der Waals surface area contributed by atoms with Gasteiger partial charge in [0.15, 0.2) is 5.82 Å². The molecule has 0 unspecified atom stereocenters. The predicted molar refractivity (Wildman–Crippen MR) is 56.9 cm³/mol. The molecule has 0 aliphatic heterocycles. The summed E-state index contributed by atoms with van der Waals surface area (Å²) < 4.78 is 3.12. The van der Waals surface area contributed by atoms with E-state index < -0.39 is 0 Å². The Kier molecular flexibility index (Phi) is 1.92. The van der Waals surface area contributed by atoms with Crippen molar-refractivity contribution < 1.29 is 0 Å². The van der Waals surface area contributed by atoms with E-state index >= 15 is 0 Å². The molecule has 0 radical (unpaired) electrons. The Hall–Kier alpha value is -1.65. The molecule has 2 heterocycles. The van der Waals surface area contributed by atoms with Crippen molar-refractivity contribution in [2.75, 3.05) is 0 Å². The molecule has 0 aliphatic rings. The standard InChI is InChI=1S/C10H14N4O/c1-10(2,3)8-11-9-13(4)7(15)5-6-14(9)12-8/h5-6H,1-4H3. The van der Waals surface area contributed by atoms with Gasteiger partial charge in [0.05, 0.1) is 0 Å².